The molecule has 116 valence electrons. The lowest BCUT2D eigenvalue weighted by molar-refractivity contribution is -0.139. The summed E-state index contributed by atoms with van der Waals surface area (Å²) in [4.78, 5) is 11.9. The second kappa shape index (κ2) is 5.50. The predicted molar refractivity (Wildman–Crippen MR) is 63.4 cm³/mol. The van der Waals surface area contributed by atoms with Crippen LogP contribution in [0.4, 0.5) is 27.6 Å². The number of anilines is 1. The SMILES string of the molecule is CC1CCN(c2c(F)c(F)c(F)c(F)c2F)C(C(=O)O)C1. The van der Waals surface area contributed by atoms with E-state index in [-0.39, 0.29) is 18.9 Å². The first-order chi connectivity index (χ1) is 9.75. The van der Waals surface area contributed by atoms with Gasteiger partial charge in [-0.05, 0) is 18.8 Å². The molecule has 1 saturated heterocycles. The Morgan fingerprint density at radius 1 is 1.05 bits per heavy atom. The number of carboxylic acid groups (broad SMARTS) is 1. The molecule has 0 saturated carbocycles. The summed E-state index contributed by atoms with van der Waals surface area (Å²) in [6, 6.07) is -1.33. The lowest BCUT2D eigenvalue weighted by Gasteiger charge is -2.37. The molecule has 2 unspecified atom stereocenters. The van der Waals surface area contributed by atoms with Crippen molar-refractivity contribution in [3.8, 4) is 0 Å². The van der Waals surface area contributed by atoms with Gasteiger partial charge in [0.25, 0.3) is 0 Å². The van der Waals surface area contributed by atoms with E-state index in [0.29, 0.717) is 6.42 Å². The summed E-state index contributed by atoms with van der Waals surface area (Å²) in [5, 5.41) is 9.11. The number of piperidine rings is 1. The van der Waals surface area contributed by atoms with Gasteiger partial charge in [-0.2, -0.15) is 0 Å². The third-order valence-electron chi connectivity index (χ3n) is 3.62. The van der Waals surface area contributed by atoms with Gasteiger partial charge in [-0.25, -0.2) is 26.7 Å². The fourth-order valence-corrected chi connectivity index (χ4v) is 2.49. The number of nitrogens with zero attached hydrogens (tertiary/aromatic N) is 1. The van der Waals surface area contributed by atoms with E-state index in [4.69, 9.17) is 5.11 Å². The molecule has 0 aliphatic carbocycles. The number of hydrogen-bond donors (Lipinski definition) is 1. The van der Waals surface area contributed by atoms with Gasteiger partial charge in [-0.1, -0.05) is 6.92 Å². The molecule has 1 aliphatic heterocycles. The summed E-state index contributed by atoms with van der Waals surface area (Å²) < 4.78 is 67.0. The molecule has 1 aromatic rings. The average Bonchev–Trinajstić information content (AvgIpc) is 2.44. The van der Waals surface area contributed by atoms with Gasteiger partial charge >= 0.3 is 5.97 Å². The van der Waals surface area contributed by atoms with Crippen molar-refractivity contribution < 1.29 is 31.9 Å². The molecule has 1 heterocycles. The van der Waals surface area contributed by atoms with E-state index in [9.17, 15) is 26.7 Å². The highest BCUT2D eigenvalue weighted by Crippen LogP contribution is 2.35. The maximum absolute atomic E-state index is 13.8. The molecule has 1 fully saturated rings. The Morgan fingerprint density at radius 3 is 2.00 bits per heavy atom. The van der Waals surface area contributed by atoms with Crippen LogP contribution in [0.3, 0.4) is 0 Å². The van der Waals surface area contributed by atoms with E-state index in [2.05, 4.69) is 0 Å². The Labute approximate surface area is 117 Å². The molecule has 3 nitrogen and oxygen atoms in total. The van der Waals surface area contributed by atoms with Crippen molar-refractivity contribution in [2.45, 2.75) is 25.8 Å². The first-order valence-electron chi connectivity index (χ1n) is 6.26. The van der Waals surface area contributed by atoms with Crippen molar-refractivity contribution in [3.05, 3.63) is 29.1 Å². The number of carboxylic acids is 1. The molecule has 0 spiro atoms. The molecule has 1 aromatic carbocycles. The van der Waals surface area contributed by atoms with Crippen LogP contribution in [0.1, 0.15) is 19.8 Å². The lowest BCUT2D eigenvalue weighted by Crippen LogP contribution is -2.48. The van der Waals surface area contributed by atoms with Gasteiger partial charge in [0.05, 0.1) is 0 Å². The molecule has 2 rings (SSSR count). The van der Waals surface area contributed by atoms with Gasteiger partial charge in [0.2, 0.25) is 5.82 Å². The van der Waals surface area contributed by atoms with Crippen LogP contribution in [0.25, 0.3) is 0 Å². The number of benzene rings is 1. The summed E-state index contributed by atoms with van der Waals surface area (Å²) in [6.07, 6.45) is 0.456. The van der Waals surface area contributed by atoms with E-state index in [1.807, 2.05) is 0 Å². The van der Waals surface area contributed by atoms with E-state index in [1.54, 1.807) is 6.92 Å². The van der Waals surface area contributed by atoms with Crippen molar-refractivity contribution in [2.24, 2.45) is 5.92 Å². The normalized spacial score (nSPS) is 22.5. The summed E-state index contributed by atoms with van der Waals surface area (Å²) in [5.74, 6) is -11.8. The summed E-state index contributed by atoms with van der Waals surface area (Å²) in [5.41, 5.74) is -1.18. The van der Waals surface area contributed by atoms with E-state index in [0.717, 1.165) is 4.90 Å². The Bertz CT molecular complexity index is 563. The Kier molecular flexibility index (Phi) is 4.06. The third kappa shape index (κ3) is 2.54. The van der Waals surface area contributed by atoms with Crippen LogP contribution in [0.5, 0.6) is 0 Å². The fourth-order valence-electron chi connectivity index (χ4n) is 2.49. The zero-order valence-corrected chi connectivity index (χ0v) is 11.0. The van der Waals surface area contributed by atoms with Gasteiger partial charge in [0.15, 0.2) is 23.3 Å². The predicted octanol–water partition coefficient (Wildman–Crippen LogP) is 3.07. The van der Waals surface area contributed by atoms with Crippen LogP contribution >= 0.6 is 0 Å². The zero-order chi connectivity index (χ0) is 15.9. The standard InChI is InChI=1S/C13H12F5NO2/c1-5-2-3-19(6(4-5)13(20)21)12-10(17)8(15)7(14)9(16)11(12)18/h5-6H,2-4H2,1H3,(H,20,21). The second-order valence-electron chi connectivity index (χ2n) is 5.10. The molecular weight excluding hydrogens is 297 g/mol. The smallest absolute Gasteiger partial charge is 0.326 e. The van der Waals surface area contributed by atoms with Gasteiger partial charge in [0.1, 0.15) is 11.7 Å². The maximum Gasteiger partial charge on any atom is 0.326 e. The van der Waals surface area contributed by atoms with Crippen molar-refractivity contribution in [1.29, 1.82) is 0 Å². The average molecular weight is 309 g/mol. The number of rotatable bonds is 2. The van der Waals surface area contributed by atoms with Crippen molar-refractivity contribution in [3.63, 3.8) is 0 Å². The van der Waals surface area contributed by atoms with E-state index < -0.39 is 46.8 Å². The lowest BCUT2D eigenvalue weighted by atomic mass is 9.92. The summed E-state index contributed by atoms with van der Waals surface area (Å²) in [7, 11) is 0. The van der Waals surface area contributed by atoms with Gasteiger partial charge in [-0.3, -0.25) is 0 Å². The molecule has 1 N–H and O–H groups in total. The molecule has 1 aliphatic rings. The minimum absolute atomic E-state index is 0.0244. The highest BCUT2D eigenvalue weighted by atomic mass is 19.2. The topological polar surface area (TPSA) is 40.5 Å². The number of halogens is 5. The van der Waals surface area contributed by atoms with Gasteiger partial charge < -0.3 is 10.0 Å². The number of hydrogen-bond acceptors (Lipinski definition) is 2. The molecule has 0 aromatic heterocycles. The van der Waals surface area contributed by atoms with Crippen LogP contribution in [0.2, 0.25) is 0 Å². The molecule has 0 bridgehead atoms. The fraction of sp³-hybridized carbons (Fsp3) is 0.462. The summed E-state index contributed by atoms with van der Waals surface area (Å²) in [6.45, 7) is 1.66. The molecule has 8 heteroatoms. The molecule has 0 radical (unpaired) electrons. The third-order valence-corrected chi connectivity index (χ3v) is 3.62. The quantitative estimate of drug-likeness (QED) is 0.518. The molecular formula is C13H12F5NO2. The molecule has 21 heavy (non-hydrogen) atoms. The second-order valence-corrected chi connectivity index (χ2v) is 5.10. The first kappa shape index (κ1) is 15.5. The first-order valence-corrected chi connectivity index (χ1v) is 6.26. The van der Waals surface area contributed by atoms with E-state index in [1.165, 1.54) is 0 Å². The van der Waals surface area contributed by atoms with Crippen molar-refractivity contribution in [1.82, 2.24) is 0 Å². The molecule has 2 atom stereocenters. The van der Waals surface area contributed by atoms with Crippen LogP contribution in [-0.4, -0.2) is 23.7 Å². The monoisotopic (exact) mass is 309 g/mol. The highest BCUT2D eigenvalue weighted by Gasteiger charge is 2.37. The highest BCUT2D eigenvalue weighted by molar-refractivity contribution is 5.78. The Hall–Kier alpha value is -1.86. The minimum Gasteiger partial charge on any atom is -0.480 e. The Morgan fingerprint density at radius 2 is 1.52 bits per heavy atom. The van der Waals surface area contributed by atoms with Crippen molar-refractivity contribution in [2.75, 3.05) is 11.4 Å². The van der Waals surface area contributed by atoms with Crippen LogP contribution in [-0.2, 0) is 4.79 Å². The summed E-state index contributed by atoms with van der Waals surface area (Å²) >= 11 is 0. The van der Waals surface area contributed by atoms with Crippen molar-refractivity contribution >= 4 is 11.7 Å². The van der Waals surface area contributed by atoms with Crippen LogP contribution < -0.4 is 4.90 Å². The number of aliphatic carboxylic acids is 1. The largest absolute Gasteiger partial charge is 0.480 e. The maximum atomic E-state index is 13.8. The van der Waals surface area contributed by atoms with Crippen LogP contribution in [0.15, 0.2) is 0 Å². The van der Waals surface area contributed by atoms with Crippen LogP contribution in [0, 0.1) is 35.0 Å². The van der Waals surface area contributed by atoms with Gasteiger partial charge in [-0.15, -0.1) is 0 Å². The molecule has 0 amide bonds. The zero-order valence-electron chi connectivity index (χ0n) is 11.0. The van der Waals surface area contributed by atoms with Gasteiger partial charge in [0, 0.05) is 6.54 Å². The van der Waals surface area contributed by atoms with E-state index >= 15 is 0 Å². The Balaban J connectivity index is 2.57. The minimum atomic E-state index is -2.26. The number of carbonyl (C=O) groups is 1.